The summed E-state index contributed by atoms with van der Waals surface area (Å²) in [6.07, 6.45) is 3.66. The molecule has 0 aliphatic heterocycles. The van der Waals surface area contributed by atoms with Gasteiger partial charge in [0.1, 0.15) is 5.02 Å². The molecule has 0 atom stereocenters. The molecule has 0 unspecified atom stereocenters. The van der Waals surface area contributed by atoms with E-state index < -0.39 is 0 Å². The Kier molecular flexibility index (Phi) is 4.21. The Morgan fingerprint density at radius 2 is 2.20 bits per heavy atom. The Bertz CT molecular complexity index is 398. The lowest BCUT2D eigenvalue weighted by Crippen LogP contribution is -2.14. The minimum atomic E-state index is -0.219. The largest absolute Gasteiger partial charge is 0.488 e. The predicted octanol–water partition coefficient (Wildman–Crippen LogP) is 2.53. The van der Waals surface area contributed by atoms with Crippen molar-refractivity contribution in [2.24, 2.45) is 7.05 Å². The molecule has 0 saturated heterocycles. The molecular weight excluding hydrogens is 214 g/mol. The second kappa shape index (κ2) is 5.21. The molecule has 0 N–H and O–H groups in total. The standard InChI is InChI=1S/C11H16ClNO2/c1-4-5-6-15-9-7-13(3)8(2)10(12)11(9)14/h7H,4-6H2,1-3H3. The van der Waals surface area contributed by atoms with E-state index in [1.807, 2.05) is 7.05 Å². The van der Waals surface area contributed by atoms with Crippen molar-refractivity contribution in [2.45, 2.75) is 26.7 Å². The summed E-state index contributed by atoms with van der Waals surface area (Å²) in [7, 11) is 1.84. The van der Waals surface area contributed by atoms with Crippen molar-refractivity contribution in [1.29, 1.82) is 0 Å². The summed E-state index contributed by atoms with van der Waals surface area (Å²) < 4.78 is 7.17. The van der Waals surface area contributed by atoms with E-state index in [1.54, 1.807) is 17.7 Å². The van der Waals surface area contributed by atoms with Gasteiger partial charge in [-0.25, -0.2) is 0 Å². The normalized spacial score (nSPS) is 10.4. The van der Waals surface area contributed by atoms with Gasteiger partial charge in [0, 0.05) is 12.7 Å². The van der Waals surface area contributed by atoms with Gasteiger partial charge in [-0.2, -0.15) is 0 Å². The van der Waals surface area contributed by atoms with Crippen molar-refractivity contribution in [3.05, 3.63) is 27.1 Å². The average molecular weight is 230 g/mol. The summed E-state index contributed by atoms with van der Waals surface area (Å²) in [5.74, 6) is 0.335. The summed E-state index contributed by atoms with van der Waals surface area (Å²) >= 11 is 5.89. The number of nitrogens with zero attached hydrogens (tertiary/aromatic N) is 1. The molecular formula is C11H16ClNO2. The molecule has 4 heteroatoms. The lowest BCUT2D eigenvalue weighted by atomic mass is 10.3. The Labute approximate surface area is 94.6 Å². The molecule has 1 aromatic heterocycles. The van der Waals surface area contributed by atoms with Crippen LogP contribution in [-0.4, -0.2) is 11.2 Å². The van der Waals surface area contributed by atoms with Gasteiger partial charge in [-0.05, 0) is 13.3 Å². The van der Waals surface area contributed by atoms with E-state index in [9.17, 15) is 4.79 Å². The summed E-state index contributed by atoms with van der Waals surface area (Å²) in [5.41, 5.74) is 0.535. The van der Waals surface area contributed by atoms with Gasteiger partial charge < -0.3 is 9.30 Å². The third-order valence-corrected chi connectivity index (χ3v) is 2.78. The van der Waals surface area contributed by atoms with Crippen molar-refractivity contribution in [3.63, 3.8) is 0 Å². The maximum Gasteiger partial charge on any atom is 0.242 e. The number of unbranched alkanes of at least 4 members (excludes halogenated alkanes) is 1. The minimum absolute atomic E-state index is 0.219. The Morgan fingerprint density at radius 1 is 1.53 bits per heavy atom. The van der Waals surface area contributed by atoms with Crippen molar-refractivity contribution in [3.8, 4) is 5.75 Å². The lowest BCUT2D eigenvalue weighted by Gasteiger charge is -2.10. The van der Waals surface area contributed by atoms with Gasteiger partial charge in [-0.3, -0.25) is 4.79 Å². The highest BCUT2D eigenvalue weighted by molar-refractivity contribution is 6.31. The quantitative estimate of drug-likeness (QED) is 0.743. The zero-order chi connectivity index (χ0) is 11.4. The molecule has 84 valence electrons. The van der Waals surface area contributed by atoms with Crippen LogP contribution in [0.25, 0.3) is 0 Å². The molecule has 0 spiro atoms. The van der Waals surface area contributed by atoms with Gasteiger partial charge in [-0.1, -0.05) is 24.9 Å². The highest BCUT2D eigenvalue weighted by Gasteiger charge is 2.09. The first kappa shape index (κ1) is 12.1. The van der Waals surface area contributed by atoms with Crippen LogP contribution in [0.2, 0.25) is 5.02 Å². The first-order valence-electron chi connectivity index (χ1n) is 5.06. The summed E-state index contributed by atoms with van der Waals surface area (Å²) in [4.78, 5) is 11.7. The van der Waals surface area contributed by atoms with Crippen LogP contribution < -0.4 is 10.2 Å². The van der Waals surface area contributed by atoms with Gasteiger partial charge in [0.05, 0.1) is 12.8 Å². The molecule has 1 aromatic rings. The molecule has 0 aromatic carbocycles. The van der Waals surface area contributed by atoms with Crippen LogP contribution in [0.4, 0.5) is 0 Å². The van der Waals surface area contributed by atoms with Gasteiger partial charge >= 0.3 is 0 Å². The highest BCUT2D eigenvalue weighted by atomic mass is 35.5. The van der Waals surface area contributed by atoms with Crippen molar-refractivity contribution >= 4 is 11.6 Å². The third-order valence-electron chi connectivity index (χ3n) is 2.34. The van der Waals surface area contributed by atoms with Crippen LogP contribution in [0.5, 0.6) is 5.75 Å². The minimum Gasteiger partial charge on any atom is -0.488 e. The fourth-order valence-corrected chi connectivity index (χ4v) is 1.41. The summed E-state index contributed by atoms with van der Waals surface area (Å²) in [5, 5.41) is 0.242. The van der Waals surface area contributed by atoms with Gasteiger partial charge in [-0.15, -0.1) is 0 Å². The van der Waals surface area contributed by atoms with Gasteiger partial charge in [0.25, 0.3) is 0 Å². The Hall–Kier alpha value is -0.960. The molecule has 0 aliphatic rings. The SMILES string of the molecule is CCCCOc1cn(C)c(C)c(Cl)c1=O. The monoisotopic (exact) mass is 229 g/mol. The summed E-state index contributed by atoms with van der Waals surface area (Å²) in [6.45, 7) is 4.44. The number of aromatic nitrogens is 1. The molecule has 1 rings (SSSR count). The van der Waals surface area contributed by atoms with E-state index >= 15 is 0 Å². The molecule has 0 saturated carbocycles. The van der Waals surface area contributed by atoms with Crippen molar-refractivity contribution in [1.82, 2.24) is 4.57 Å². The number of ether oxygens (including phenoxy) is 1. The first-order chi connectivity index (χ1) is 7.07. The van der Waals surface area contributed by atoms with E-state index in [2.05, 4.69) is 6.92 Å². The van der Waals surface area contributed by atoms with E-state index in [0.717, 1.165) is 18.5 Å². The predicted molar refractivity (Wildman–Crippen MR) is 61.8 cm³/mol. The number of halogens is 1. The van der Waals surface area contributed by atoms with E-state index in [-0.39, 0.29) is 10.5 Å². The molecule has 0 aliphatic carbocycles. The fourth-order valence-electron chi connectivity index (χ4n) is 1.19. The van der Waals surface area contributed by atoms with Crippen molar-refractivity contribution in [2.75, 3.05) is 6.61 Å². The third kappa shape index (κ3) is 2.75. The highest BCUT2D eigenvalue weighted by Crippen LogP contribution is 2.14. The topological polar surface area (TPSA) is 31.2 Å². The molecule has 0 amide bonds. The first-order valence-corrected chi connectivity index (χ1v) is 5.44. The second-order valence-electron chi connectivity index (χ2n) is 3.53. The number of hydrogen-bond donors (Lipinski definition) is 0. The van der Waals surface area contributed by atoms with E-state index in [1.165, 1.54) is 0 Å². The van der Waals surface area contributed by atoms with Crippen LogP contribution in [0.15, 0.2) is 11.0 Å². The fraction of sp³-hybridized carbons (Fsp3) is 0.545. The van der Waals surface area contributed by atoms with Gasteiger partial charge in [0.15, 0.2) is 5.75 Å². The Morgan fingerprint density at radius 3 is 2.80 bits per heavy atom. The molecule has 0 fully saturated rings. The number of rotatable bonds is 4. The van der Waals surface area contributed by atoms with Crippen LogP contribution >= 0.6 is 11.6 Å². The van der Waals surface area contributed by atoms with E-state index in [0.29, 0.717) is 12.4 Å². The van der Waals surface area contributed by atoms with Crippen molar-refractivity contribution < 1.29 is 4.74 Å². The number of aryl methyl sites for hydroxylation is 1. The number of pyridine rings is 1. The maximum absolute atomic E-state index is 11.7. The molecule has 3 nitrogen and oxygen atoms in total. The molecule has 0 radical (unpaired) electrons. The zero-order valence-electron chi connectivity index (χ0n) is 9.34. The van der Waals surface area contributed by atoms with E-state index in [4.69, 9.17) is 16.3 Å². The maximum atomic E-state index is 11.7. The lowest BCUT2D eigenvalue weighted by molar-refractivity contribution is 0.304. The molecule has 0 bridgehead atoms. The Balaban J connectivity index is 2.94. The molecule has 1 heterocycles. The average Bonchev–Trinajstić information content (AvgIpc) is 2.23. The van der Waals surface area contributed by atoms with Crippen LogP contribution in [-0.2, 0) is 7.05 Å². The zero-order valence-corrected chi connectivity index (χ0v) is 10.1. The summed E-state index contributed by atoms with van der Waals surface area (Å²) in [6, 6.07) is 0. The molecule has 15 heavy (non-hydrogen) atoms. The van der Waals surface area contributed by atoms with Crippen LogP contribution in [0.3, 0.4) is 0 Å². The van der Waals surface area contributed by atoms with Gasteiger partial charge in [0.2, 0.25) is 5.43 Å². The van der Waals surface area contributed by atoms with Crippen LogP contribution in [0, 0.1) is 6.92 Å². The van der Waals surface area contributed by atoms with Crippen LogP contribution in [0.1, 0.15) is 25.5 Å². The smallest absolute Gasteiger partial charge is 0.242 e. The second-order valence-corrected chi connectivity index (χ2v) is 3.91. The number of hydrogen-bond acceptors (Lipinski definition) is 2.